The molecule has 0 N–H and O–H groups in total. The van der Waals surface area contributed by atoms with Crippen LogP contribution in [-0.4, -0.2) is 37.2 Å². The fourth-order valence-electron chi connectivity index (χ4n) is 12.3. The van der Waals surface area contributed by atoms with Gasteiger partial charge in [0.15, 0.2) is 6.10 Å². The highest BCUT2D eigenvalue weighted by Gasteiger charge is 2.20. The van der Waals surface area contributed by atoms with Crippen LogP contribution in [0.2, 0.25) is 0 Å². The van der Waals surface area contributed by atoms with Crippen LogP contribution in [0.25, 0.3) is 0 Å². The Morgan fingerprint density at radius 2 is 0.325 bits per heavy atom. The predicted octanol–water partition coefficient (Wildman–Crippen LogP) is 26.6. The minimum atomic E-state index is -0.763. The number of hydrogen-bond acceptors (Lipinski definition) is 6. The molecule has 0 saturated heterocycles. The summed E-state index contributed by atoms with van der Waals surface area (Å²) in [5.41, 5.74) is 0. The van der Waals surface area contributed by atoms with Gasteiger partial charge in [-0.05, 0) is 19.3 Å². The average molecular weight is 1170 g/mol. The van der Waals surface area contributed by atoms with Crippen molar-refractivity contribution in [1.82, 2.24) is 0 Å². The Morgan fingerprint density at radius 3 is 0.482 bits per heavy atom. The van der Waals surface area contributed by atoms with Crippen LogP contribution in [0.1, 0.15) is 457 Å². The predicted molar refractivity (Wildman–Crippen MR) is 363 cm³/mol. The third-order valence-electron chi connectivity index (χ3n) is 18.1. The molecule has 0 aromatic rings. The van der Waals surface area contributed by atoms with Gasteiger partial charge in [0.1, 0.15) is 13.2 Å². The first-order valence-electron chi connectivity index (χ1n) is 38.5. The molecule has 0 amide bonds. The average Bonchev–Trinajstić information content (AvgIpc) is 3.49. The van der Waals surface area contributed by atoms with Crippen molar-refractivity contribution in [2.45, 2.75) is 463 Å². The largest absolute Gasteiger partial charge is 0.462 e. The SMILES string of the molecule is CCCCCCCCCCCCCCCCCCCCCCCCCCCCCCCCCCC(=O)OCC(COC(=O)CCCCCCCCCCCC)OC(=O)CCCCCCCCCCCCCCCCCCCCCCCCC. The van der Waals surface area contributed by atoms with Crippen molar-refractivity contribution in [3.05, 3.63) is 0 Å². The first kappa shape index (κ1) is 81.4. The second kappa shape index (κ2) is 72.9. The highest BCUT2D eigenvalue weighted by molar-refractivity contribution is 5.71. The number of carbonyl (C=O) groups excluding carboxylic acids is 3. The first-order chi connectivity index (χ1) is 41.0. The van der Waals surface area contributed by atoms with Crippen LogP contribution in [-0.2, 0) is 28.6 Å². The minimum absolute atomic E-state index is 0.0604. The van der Waals surface area contributed by atoms with Crippen LogP contribution >= 0.6 is 0 Å². The summed E-state index contributed by atoms with van der Waals surface area (Å²) in [6.45, 7) is 6.73. The minimum Gasteiger partial charge on any atom is -0.462 e. The summed E-state index contributed by atoms with van der Waals surface area (Å²) in [7, 11) is 0. The summed E-state index contributed by atoms with van der Waals surface area (Å²) < 4.78 is 17.0. The van der Waals surface area contributed by atoms with Gasteiger partial charge in [-0.25, -0.2) is 0 Å². The second-order valence-corrected chi connectivity index (χ2v) is 26.6. The van der Waals surface area contributed by atoms with E-state index in [1.165, 1.54) is 360 Å². The van der Waals surface area contributed by atoms with E-state index in [-0.39, 0.29) is 31.1 Å². The van der Waals surface area contributed by atoms with Crippen molar-refractivity contribution in [1.29, 1.82) is 0 Å². The molecule has 83 heavy (non-hydrogen) atoms. The van der Waals surface area contributed by atoms with Gasteiger partial charge in [-0.3, -0.25) is 14.4 Å². The molecule has 0 heterocycles. The van der Waals surface area contributed by atoms with E-state index >= 15 is 0 Å². The van der Waals surface area contributed by atoms with Gasteiger partial charge in [0.25, 0.3) is 0 Å². The molecule has 494 valence electrons. The number of rotatable bonds is 73. The van der Waals surface area contributed by atoms with Gasteiger partial charge in [0, 0.05) is 19.3 Å². The highest BCUT2D eigenvalue weighted by Crippen LogP contribution is 2.20. The van der Waals surface area contributed by atoms with Crippen LogP contribution < -0.4 is 0 Å². The molecule has 1 unspecified atom stereocenters. The highest BCUT2D eigenvalue weighted by atomic mass is 16.6. The lowest BCUT2D eigenvalue weighted by Gasteiger charge is -2.18. The maximum absolute atomic E-state index is 12.9. The van der Waals surface area contributed by atoms with Gasteiger partial charge in [-0.2, -0.15) is 0 Å². The van der Waals surface area contributed by atoms with Crippen LogP contribution in [0.3, 0.4) is 0 Å². The van der Waals surface area contributed by atoms with Gasteiger partial charge in [-0.1, -0.05) is 419 Å². The molecule has 0 spiro atoms. The Hall–Kier alpha value is -1.59. The summed E-state index contributed by atoms with van der Waals surface area (Å²) in [6.07, 6.45) is 87.5. The molecule has 0 aliphatic heterocycles. The smallest absolute Gasteiger partial charge is 0.306 e. The summed E-state index contributed by atoms with van der Waals surface area (Å²) >= 11 is 0. The van der Waals surface area contributed by atoms with Gasteiger partial charge < -0.3 is 14.2 Å². The van der Waals surface area contributed by atoms with Gasteiger partial charge >= 0.3 is 17.9 Å². The van der Waals surface area contributed by atoms with Crippen molar-refractivity contribution in [3.8, 4) is 0 Å². The fourth-order valence-corrected chi connectivity index (χ4v) is 12.3. The summed E-state index contributed by atoms with van der Waals surface area (Å²) in [5.74, 6) is -0.821. The molecule has 0 fully saturated rings. The molecule has 1 atom stereocenters. The van der Waals surface area contributed by atoms with Crippen molar-refractivity contribution in [2.24, 2.45) is 0 Å². The summed E-state index contributed by atoms with van der Waals surface area (Å²) in [4.78, 5) is 38.4. The molecule has 0 bridgehead atoms. The molecule has 6 heteroatoms. The van der Waals surface area contributed by atoms with E-state index in [0.29, 0.717) is 19.3 Å². The quantitative estimate of drug-likeness (QED) is 0.0343. The van der Waals surface area contributed by atoms with Crippen molar-refractivity contribution in [3.63, 3.8) is 0 Å². The number of ether oxygens (including phenoxy) is 3. The summed E-state index contributed by atoms with van der Waals surface area (Å²) in [6, 6.07) is 0. The second-order valence-electron chi connectivity index (χ2n) is 26.6. The Labute approximate surface area is 520 Å². The lowest BCUT2D eigenvalue weighted by atomic mass is 10.0. The number of hydrogen-bond donors (Lipinski definition) is 0. The van der Waals surface area contributed by atoms with E-state index < -0.39 is 6.10 Å². The first-order valence-corrected chi connectivity index (χ1v) is 38.5. The molecule has 0 aliphatic rings. The van der Waals surface area contributed by atoms with Gasteiger partial charge in [0.2, 0.25) is 0 Å². The van der Waals surface area contributed by atoms with E-state index in [0.717, 1.165) is 57.8 Å². The van der Waals surface area contributed by atoms with Crippen LogP contribution in [0, 0.1) is 0 Å². The molecule has 0 rings (SSSR count). The van der Waals surface area contributed by atoms with Crippen LogP contribution in [0.15, 0.2) is 0 Å². The van der Waals surface area contributed by atoms with E-state index in [9.17, 15) is 14.4 Å². The number of unbranched alkanes of at least 4 members (excludes halogenated alkanes) is 62. The van der Waals surface area contributed by atoms with Crippen molar-refractivity contribution in [2.75, 3.05) is 13.2 Å². The van der Waals surface area contributed by atoms with E-state index in [2.05, 4.69) is 20.8 Å². The monoisotopic (exact) mass is 1170 g/mol. The standard InChI is InChI=1S/C77H150O6/c1-4-7-10-13-16-19-22-24-26-28-30-32-34-35-36-37-38-39-40-41-42-44-45-47-49-51-53-55-58-61-64-67-70-76(79)82-73-74(72-81-75(78)69-66-63-60-57-21-18-15-12-9-6-3)83-77(80)71-68-65-62-59-56-54-52-50-48-46-43-33-31-29-27-25-23-20-17-14-11-8-5-2/h74H,4-73H2,1-3H3. The Balaban J connectivity index is 4.03. The molecule has 6 nitrogen and oxygen atoms in total. The van der Waals surface area contributed by atoms with Gasteiger partial charge in [-0.15, -0.1) is 0 Å². The molecule has 0 radical (unpaired) electrons. The topological polar surface area (TPSA) is 78.9 Å². The fraction of sp³-hybridized carbons (Fsp3) is 0.961. The van der Waals surface area contributed by atoms with Gasteiger partial charge in [0.05, 0.1) is 0 Å². The zero-order valence-electron chi connectivity index (χ0n) is 57.0. The number of esters is 3. The Kier molecular flexibility index (Phi) is 71.5. The van der Waals surface area contributed by atoms with Crippen molar-refractivity contribution < 1.29 is 28.6 Å². The number of carbonyl (C=O) groups is 3. The molecular formula is C77H150O6. The summed E-state index contributed by atoms with van der Waals surface area (Å²) in [5, 5.41) is 0. The Morgan fingerprint density at radius 1 is 0.193 bits per heavy atom. The third kappa shape index (κ3) is 71.1. The lowest BCUT2D eigenvalue weighted by molar-refractivity contribution is -0.167. The van der Waals surface area contributed by atoms with E-state index in [1.807, 2.05) is 0 Å². The maximum Gasteiger partial charge on any atom is 0.306 e. The van der Waals surface area contributed by atoms with Crippen LogP contribution in [0.4, 0.5) is 0 Å². The molecule has 0 aliphatic carbocycles. The lowest BCUT2D eigenvalue weighted by Crippen LogP contribution is -2.30. The van der Waals surface area contributed by atoms with Crippen molar-refractivity contribution >= 4 is 17.9 Å². The van der Waals surface area contributed by atoms with Crippen LogP contribution in [0.5, 0.6) is 0 Å². The van der Waals surface area contributed by atoms with E-state index in [4.69, 9.17) is 14.2 Å². The molecular weight excluding hydrogens is 1020 g/mol. The zero-order valence-corrected chi connectivity index (χ0v) is 57.0. The molecule has 0 aromatic heterocycles. The van der Waals surface area contributed by atoms with E-state index in [1.54, 1.807) is 0 Å². The maximum atomic E-state index is 12.9. The Bertz CT molecular complexity index is 1250. The molecule has 0 aromatic carbocycles. The third-order valence-corrected chi connectivity index (χ3v) is 18.1. The zero-order chi connectivity index (χ0) is 59.9. The normalized spacial score (nSPS) is 11.9. The molecule has 0 saturated carbocycles.